The van der Waals surface area contributed by atoms with Gasteiger partial charge in [-0.05, 0) is 61.0 Å². The fourth-order valence-electron chi connectivity index (χ4n) is 5.13. The molecule has 0 spiro atoms. The first kappa shape index (κ1) is 19.3. The van der Waals surface area contributed by atoms with Crippen LogP contribution in [0.25, 0.3) is 0 Å². The van der Waals surface area contributed by atoms with E-state index in [4.69, 9.17) is 5.26 Å². The van der Waals surface area contributed by atoms with Crippen molar-refractivity contribution >= 4 is 0 Å². The summed E-state index contributed by atoms with van der Waals surface area (Å²) in [7, 11) is 0. The Morgan fingerprint density at radius 3 is 1.92 bits per heavy atom. The molecule has 0 saturated heterocycles. The first-order chi connectivity index (χ1) is 12.6. The van der Waals surface area contributed by atoms with Crippen molar-refractivity contribution < 1.29 is 8.78 Å². The van der Waals surface area contributed by atoms with E-state index in [2.05, 4.69) is 6.92 Å². The molecule has 0 unspecified atom stereocenters. The van der Waals surface area contributed by atoms with Crippen LogP contribution in [0.15, 0.2) is 12.1 Å². The van der Waals surface area contributed by atoms with Crippen LogP contribution in [0, 0.1) is 40.7 Å². The van der Waals surface area contributed by atoms with E-state index >= 15 is 0 Å². The van der Waals surface area contributed by atoms with Crippen molar-refractivity contribution in [1.29, 1.82) is 5.26 Å². The van der Waals surface area contributed by atoms with E-state index in [0.717, 1.165) is 43.4 Å². The van der Waals surface area contributed by atoms with Crippen molar-refractivity contribution in [3.63, 3.8) is 0 Å². The number of halogens is 2. The molecule has 1 aromatic rings. The molecular weight excluding hydrogens is 328 g/mol. The molecule has 0 aliphatic heterocycles. The van der Waals surface area contributed by atoms with Gasteiger partial charge in [0.2, 0.25) is 0 Å². The summed E-state index contributed by atoms with van der Waals surface area (Å²) in [5, 5.41) is 8.82. The molecule has 1 nitrogen and oxygen atoms in total. The lowest BCUT2D eigenvalue weighted by Gasteiger charge is -2.32. The molecule has 1 aromatic carbocycles. The van der Waals surface area contributed by atoms with Crippen LogP contribution in [0.3, 0.4) is 0 Å². The zero-order chi connectivity index (χ0) is 18.5. The van der Waals surface area contributed by atoms with Crippen molar-refractivity contribution in [3.8, 4) is 6.07 Å². The summed E-state index contributed by atoms with van der Waals surface area (Å²) in [6, 6.07) is 4.75. The van der Waals surface area contributed by atoms with Gasteiger partial charge in [0.1, 0.15) is 6.07 Å². The Balaban J connectivity index is 1.46. The van der Waals surface area contributed by atoms with E-state index in [1.54, 1.807) is 12.1 Å². The van der Waals surface area contributed by atoms with Crippen LogP contribution in [0.2, 0.25) is 0 Å². The maximum absolute atomic E-state index is 14.3. The van der Waals surface area contributed by atoms with Crippen LogP contribution in [0.5, 0.6) is 0 Å². The minimum Gasteiger partial charge on any atom is -0.203 e. The third kappa shape index (κ3) is 4.45. The number of hydrogen-bond donors (Lipinski definition) is 0. The Bertz CT molecular complexity index is 632. The van der Waals surface area contributed by atoms with E-state index in [9.17, 15) is 8.78 Å². The lowest BCUT2D eigenvalue weighted by Crippen LogP contribution is -2.18. The monoisotopic (exact) mass is 359 g/mol. The average Bonchev–Trinajstić information content (AvgIpc) is 2.69. The van der Waals surface area contributed by atoms with Gasteiger partial charge in [0.25, 0.3) is 0 Å². The summed E-state index contributed by atoms with van der Waals surface area (Å²) < 4.78 is 28.1. The number of rotatable bonds is 5. The van der Waals surface area contributed by atoms with Crippen molar-refractivity contribution in [3.05, 3.63) is 34.9 Å². The number of hydrogen-bond acceptors (Lipinski definition) is 1. The molecule has 0 atom stereocenters. The quantitative estimate of drug-likeness (QED) is 0.549. The normalized spacial score (nSPS) is 29.3. The van der Waals surface area contributed by atoms with Crippen LogP contribution < -0.4 is 0 Å². The molecule has 0 radical (unpaired) electrons. The maximum Gasteiger partial charge on any atom is 0.176 e. The van der Waals surface area contributed by atoms with Crippen LogP contribution in [0.1, 0.15) is 94.6 Å². The van der Waals surface area contributed by atoms with Crippen molar-refractivity contribution in [2.45, 2.75) is 83.5 Å². The molecule has 142 valence electrons. The fraction of sp³-hybridized carbons (Fsp3) is 0.696. The van der Waals surface area contributed by atoms with E-state index in [0.29, 0.717) is 5.56 Å². The van der Waals surface area contributed by atoms with E-state index in [1.807, 2.05) is 0 Å². The summed E-state index contributed by atoms with van der Waals surface area (Å²) in [5.41, 5.74) is 0.274. The van der Waals surface area contributed by atoms with Crippen LogP contribution in [0.4, 0.5) is 8.78 Å². The van der Waals surface area contributed by atoms with Gasteiger partial charge in [-0.3, -0.25) is 0 Å². The molecule has 2 aliphatic carbocycles. The predicted molar refractivity (Wildman–Crippen MR) is 101 cm³/mol. The van der Waals surface area contributed by atoms with Crippen LogP contribution >= 0.6 is 0 Å². The number of nitrogens with zero attached hydrogens (tertiary/aromatic N) is 1. The van der Waals surface area contributed by atoms with Gasteiger partial charge in [-0.15, -0.1) is 0 Å². The standard InChI is InChI=1S/C23H31F2N/c1-2-16-3-5-17(6-4-16)7-8-18-9-11-19(12-10-18)21-14-13-20(15-26)22(24)23(21)25/h13-14,16-19H,2-12H2,1H3/t16-,17-,18?,19?. The first-order valence-corrected chi connectivity index (χ1v) is 10.5. The van der Waals surface area contributed by atoms with Crippen LogP contribution in [-0.4, -0.2) is 0 Å². The zero-order valence-electron chi connectivity index (χ0n) is 15.9. The third-order valence-corrected chi connectivity index (χ3v) is 7.05. The predicted octanol–water partition coefficient (Wildman–Crippen LogP) is 7.11. The largest absolute Gasteiger partial charge is 0.203 e. The fourth-order valence-corrected chi connectivity index (χ4v) is 5.13. The summed E-state index contributed by atoms with van der Waals surface area (Å²) in [4.78, 5) is 0. The molecule has 2 saturated carbocycles. The summed E-state index contributed by atoms with van der Waals surface area (Å²) in [5.74, 6) is 0.954. The van der Waals surface area contributed by atoms with Crippen molar-refractivity contribution in [1.82, 2.24) is 0 Å². The molecule has 0 amide bonds. The topological polar surface area (TPSA) is 23.8 Å². The van der Waals surface area contributed by atoms with Gasteiger partial charge in [-0.25, -0.2) is 8.78 Å². The van der Waals surface area contributed by atoms with E-state index in [-0.39, 0.29) is 11.5 Å². The highest BCUT2D eigenvalue weighted by molar-refractivity contribution is 5.36. The Kier molecular flexibility index (Phi) is 6.68. The average molecular weight is 360 g/mol. The molecule has 2 fully saturated rings. The van der Waals surface area contributed by atoms with Gasteiger partial charge >= 0.3 is 0 Å². The third-order valence-electron chi connectivity index (χ3n) is 7.05. The van der Waals surface area contributed by atoms with Crippen molar-refractivity contribution in [2.75, 3.05) is 0 Å². The smallest absolute Gasteiger partial charge is 0.176 e. The molecule has 2 aliphatic rings. The van der Waals surface area contributed by atoms with Gasteiger partial charge in [-0.2, -0.15) is 5.26 Å². The molecule has 3 heteroatoms. The van der Waals surface area contributed by atoms with Gasteiger partial charge in [0, 0.05) is 0 Å². The summed E-state index contributed by atoms with van der Waals surface area (Å²) in [6.45, 7) is 2.31. The van der Waals surface area contributed by atoms with Gasteiger partial charge < -0.3 is 0 Å². The van der Waals surface area contributed by atoms with E-state index < -0.39 is 11.6 Å². The number of benzene rings is 1. The van der Waals surface area contributed by atoms with Crippen LogP contribution in [-0.2, 0) is 0 Å². The minimum atomic E-state index is -0.977. The second kappa shape index (κ2) is 8.98. The molecule has 3 rings (SSSR count). The highest BCUT2D eigenvalue weighted by Crippen LogP contribution is 2.41. The lowest BCUT2D eigenvalue weighted by atomic mass is 9.74. The maximum atomic E-state index is 14.3. The second-order valence-electron chi connectivity index (χ2n) is 8.53. The van der Waals surface area contributed by atoms with Crippen molar-refractivity contribution in [2.24, 2.45) is 17.8 Å². The number of nitriles is 1. The summed E-state index contributed by atoms with van der Waals surface area (Å²) >= 11 is 0. The first-order valence-electron chi connectivity index (χ1n) is 10.5. The Hall–Kier alpha value is -1.43. The van der Waals surface area contributed by atoms with Gasteiger partial charge in [-0.1, -0.05) is 57.9 Å². The second-order valence-corrected chi connectivity index (χ2v) is 8.53. The van der Waals surface area contributed by atoms with Gasteiger partial charge in [0.05, 0.1) is 5.56 Å². The Labute approximate surface area is 156 Å². The molecule has 0 aromatic heterocycles. The highest BCUT2D eigenvalue weighted by atomic mass is 19.2. The molecular formula is C23H31F2N. The molecule has 0 bridgehead atoms. The highest BCUT2D eigenvalue weighted by Gasteiger charge is 2.27. The van der Waals surface area contributed by atoms with Gasteiger partial charge in [0.15, 0.2) is 11.6 Å². The molecule has 26 heavy (non-hydrogen) atoms. The Morgan fingerprint density at radius 2 is 1.38 bits per heavy atom. The minimum absolute atomic E-state index is 0.105. The molecule has 0 N–H and O–H groups in total. The SMILES string of the molecule is CC[C@H]1CC[C@H](CCC2CCC(c3ccc(C#N)c(F)c3F)CC2)CC1. The molecule has 0 heterocycles. The zero-order valence-corrected chi connectivity index (χ0v) is 15.9. The summed E-state index contributed by atoms with van der Waals surface area (Å²) in [6.07, 6.45) is 13.8. The Morgan fingerprint density at radius 1 is 0.846 bits per heavy atom. The van der Waals surface area contributed by atoms with E-state index in [1.165, 1.54) is 51.0 Å². The lowest BCUT2D eigenvalue weighted by molar-refractivity contribution is 0.227.